The molecule has 3 aromatic rings. The van der Waals surface area contributed by atoms with Gasteiger partial charge >= 0.3 is 5.97 Å². The second kappa shape index (κ2) is 18.0. The predicted octanol–water partition coefficient (Wildman–Crippen LogP) is 4.09. The fourth-order valence-electron chi connectivity index (χ4n) is 4.98. The normalized spacial score (nSPS) is 18.0. The highest BCUT2D eigenvalue weighted by atomic mass is 16.5. The number of hydrazone groups is 1. The first kappa shape index (κ1) is 34.5. The number of carbonyl (C=O) groups excluding carboxylic acids is 4. The molecular formula is C35H38N4O8. The molecule has 0 aliphatic carbocycles. The van der Waals surface area contributed by atoms with Crippen molar-refractivity contribution in [2.24, 2.45) is 5.10 Å². The zero-order valence-electron chi connectivity index (χ0n) is 26.0. The number of benzene rings is 3. The molecule has 0 aromatic heterocycles. The van der Waals surface area contributed by atoms with Crippen LogP contribution in [-0.2, 0) is 30.4 Å². The number of esters is 1. The topological polar surface area (TPSA) is 156 Å². The maximum atomic E-state index is 13.7. The fourth-order valence-corrected chi connectivity index (χ4v) is 4.98. The van der Waals surface area contributed by atoms with Crippen LogP contribution in [0.3, 0.4) is 0 Å². The van der Waals surface area contributed by atoms with Crippen molar-refractivity contribution in [3.05, 3.63) is 113 Å². The quantitative estimate of drug-likeness (QED) is 0.0929. The number of amides is 3. The standard InChI is InChI=1S/C35H38N4O8/c1-45-23-30-34(27-12-5-4-6-13-27)47-33(42)15-8-3-2-7-14-32(41)39(30)22-26-11-9-10-25(20-26)21-36-37-35(43)28-16-18-29(19-17-28)46-24-31(40)38-44/h2-6,9-13,16-21,30,34,44H,7-8,14-15,22-24H2,1H3,(H,37,43)(H,38,40)/b3-2+,36-21+/t30-,34-/m0/s1. The summed E-state index contributed by atoms with van der Waals surface area (Å²) in [6.45, 7) is -0.00462. The Morgan fingerprint density at radius 1 is 1.00 bits per heavy atom. The van der Waals surface area contributed by atoms with E-state index in [1.54, 1.807) is 12.0 Å². The number of hydroxylamine groups is 1. The van der Waals surface area contributed by atoms with E-state index in [2.05, 4.69) is 10.5 Å². The highest BCUT2D eigenvalue weighted by molar-refractivity contribution is 5.95. The lowest BCUT2D eigenvalue weighted by Gasteiger charge is -2.37. The van der Waals surface area contributed by atoms with E-state index in [1.165, 1.54) is 36.0 Å². The van der Waals surface area contributed by atoms with Gasteiger partial charge in [-0.25, -0.2) is 10.9 Å². The molecule has 0 spiro atoms. The third kappa shape index (κ3) is 10.6. The van der Waals surface area contributed by atoms with Crippen molar-refractivity contribution in [3.63, 3.8) is 0 Å². The van der Waals surface area contributed by atoms with Crippen molar-refractivity contribution in [3.8, 4) is 5.75 Å². The maximum absolute atomic E-state index is 13.7. The average Bonchev–Trinajstić information content (AvgIpc) is 3.09. The van der Waals surface area contributed by atoms with E-state index in [9.17, 15) is 19.2 Å². The van der Waals surface area contributed by atoms with Crippen LogP contribution in [0, 0.1) is 0 Å². The summed E-state index contributed by atoms with van der Waals surface area (Å²) < 4.78 is 16.8. The molecule has 246 valence electrons. The van der Waals surface area contributed by atoms with Crippen LogP contribution in [0.1, 0.15) is 58.8 Å². The molecule has 3 N–H and O–H groups in total. The second-order valence-corrected chi connectivity index (χ2v) is 10.7. The van der Waals surface area contributed by atoms with Crippen LogP contribution in [-0.4, -0.2) is 66.4 Å². The van der Waals surface area contributed by atoms with E-state index in [4.69, 9.17) is 19.4 Å². The Labute approximate surface area is 273 Å². The van der Waals surface area contributed by atoms with E-state index in [0.717, 1.165) is 11.1 Å². The van der Waals surface area contributed by atoms with Gasteiger partial charge in [0.1, 0.15) is 11.9 Å². The number of hydrogen-bond acceptors (Lipinski definition) is 9. The smallest absolute Gasteiger partial charge is 0.306 e. The van der Waals surface area contributed by atoms with E-state index in [0.29, 0.717) is 29.7 Å². The van der Waals surface area contributed by atoms with Gasteiger partial charge in [0, 0.05) is 32.1 Å². The van der Waals surface area contributed by atoms with Gasteiger partial charge in [0.2, 0.25) is 5.91 Å². The van der Waals surface area contributed by atoms with Crippen LogP contribution >= 0.6 is 0 Å². The lowest BCUT2D eigenvalue weighted by atomic mass is 9.99. The number of rotatable bonds is 11. The molecular weight excluding hydrogens is 604 g/mol. The van der Waals surface area contributed by atoms with Crippen LogP contribution in [0.5, 0.6) is 5.75 Å². The second-order valence-electron chi connectivity index (χ2n) is 10.7. The van der Waals surface area contributed by atoms with E-state index in [-0.39, 0.29) is 44.5 Å². The van der Waals surface area contributed by atoms with Crippen molar-refractivity contribution in [1.29, 1.82) is 0 Å². The summed E-state index contributed by atoms with van der Waals surface area (Å²) in [6.07, 6.45) is 6.17. The SMILES string of the molecule is COC[C@H]1[C@H](c2ccccc2)OC(=O)CC/C=C/CCC(=O)N1Cc1cccc(/C=N/NC(=O)c2ccc(OCC(=O)NO)cc2)c1. The molecule has 0 unspecified atom stereocenters. The van der Waals surface area contributed by atoms with Crippen LogP contribution in [0.25, 0.3) is 0 Å². The summed E-state index contributed by atoms with van der Waals surface area (Å²) in [5.41, 5.74) is 6.53. The van der Waals surface area contributed by atoms with Gasteiger partial charge in [-0.15, -0.1) is 0 Å². The summed E-state index contributed by atoms with van der Waals surface area (Å²) >= 11 is 0. The Hall–Kier alpha value is -5.33. The molecule has 0 fully saturated rings. The minimum atomic E-state index is -0.739. The first-order valence-electron chi connectivity index (χ1n) is 15.1. The molecule has 0 radical (unpaired) electrons. The summed E-state index contributed by atoms with van der Waals surface area (Å²) in [4.78, 5) is 52.0. The van der Waals surface area contributed by atoms with Gasteiger partial charge in [-0.3, -0.25) is 24.4 Å². The van der Waals surface area contributed by atoms with E-state index in [1.807, 2.05) is 66.7 Å². The first-order chi connectivity index (χ1) is 22.9. The van der Waals surface area contributed by atoms with Gasteiger partial charge in [-0.1, -0.05) is 60.7 Å². The van der Waals surface area contributed by atoms with Crippen molar-refractivity contribution in [2.45, 2.75) is 44.4 Å². The summed E-state index contributed by atoms with van der Waals surface area (Å²) in [5.74, 6) is -1.27. The number of methoxy groups -OCH3 is 1. The van der Waals surface area contributed by atoms with E-state index < -0.39 is 24.0 Å². The minimum absolute atomic E-state index is 0.103. The first-order valence-corrected chi connectivity index (χ1v) is 15.1. The molecule has 2 atom stereocenters. The Bertz CT molecular complexity index is 1560. The molecule has 12 heteroatoms. The Morgan fingerprint density at radius 3 is 2.47 bits per heavy atom. The molecule has 12 nitrogen and oxygen atoms in total. The lowest BCUT2D eigenvalue weighted by Crippen LogP contribution is -2.47. The van der Waals surface area contributed by atoms with Gasteiger partial charge in [-0.05, 0) is 59.9 Å². The molecule has 4 rings (SSSR count). The molecule has 3 aromatic carbocycles. The van der Waals surface area contributed by atoms with Crippen LogP contribution in [0.15, 0.2) is 96.1 Å². The predicted molar refractivity (Wildman–Crippen MR) is 172 cm³/mol. The van der Waals surface area contributed by atoms with Gasteiger partial charge in [0.15, 0.2) is 6.61 Å². The monoisotopic (exact) mass is 642 g/mol. The summed E-state index contributed by atoms with van der Waals surface area (Å²) in [7, 11) is 1.55. The highest BCUT2D eigenvalue weighted by Crippen LogP contribution is 2.29. The fraction of sp³-hybridized carbons (Fsp3) is 0.286. The van der Waals surface area contributed by atoms with Gasteiger partial charge in [0.05, 0.1) is 18.9 Å². The third-order valence-corrected chi connectivity index (χ3v) is 7.30. The van der Waals surface area contributed by atoms with Crippen molar-refractivity contribution >= 4 is 29.9 Å². The maximum Gasteiger partial charge on any atom is 0.306 e. The summed E-state index contributed by atoms with van der Waals surface area (Å²) in [5, 5.41) is 12.6. The lowest BCUT2D eigenvalue weighted by molar-refractivity contribution is -0.159. The number of hydrogen-bond donors (Lipinski definition) is 3. The molecule has 1 aliphatic rings. The Morgan fingerprint density at radius 2 is 1.74 bits per heavy atom. The summed E-state index contributed by atoms with van der Waals surface area (Å²) in [6, 6.07) is 22.2. The average molecular weight is 643 g/mol. The number of allylic oxidation sites excluding steroid dienone is 2. The zero-order valence-corrected chi connectivity index (χ0v) is 26.0. The molecule has 0 saturated heterocycles. The molecule has 1 aliphatic heterocycles. The van der Waals surface area contributed by atoms with Gasteiger partial charge in [0.25, 0.3) is 11.8 Å². The molecule has 0 saturated carbocycles. The third-order valence-electron chi connectivity index (χ3n) is 7.30. The molecule has 3 amide bonds. The molecule has 1 heterocycles. The Balaban J connectivity index is 1.50. The van der Waals surface area contributed by atoms with Crippen LogP contribution < -0.4 is 15.6 Å². The number of cyclic esters (lactones) is 1. The number of carbonyl (C=O) groups is 4. The van der Waals surface area contributed by atoms with Crippen molar-refractivity contribution in [1.82, 2.24) is 15.8 Å². The largest absolute Gasteiger partial charge is 0.484 e. The van der Waals surface area contributed by atoms with Crippen molar-refractivity contribution in [2.75, 3.05) is 20.3 Å². The van der Waals surface area contributed by atoms with Crippen molar-refractivity contribution < 1.29 is 38.6 Å². The Kier molecular flexibility index (Phi) is 13.2. The zero-order chi connectivity index (χ0) is 33.4. The molecule has 47 heavy (non-hydrogen) atoms. The van der Waals surface area contributed by atoms with Gasteiger partial charge in [-0.2, -0.15) is 5.10 Å². The number of ether oxygens (including phenoxy) is 3. The van der Waals surface area contributed by atoms with E-state index >= 15 is 0 Å². The van der Waals surface area contributed by atoms with Crippen LogP contribution in [0.2, 0.25) is 0 Å². The molecule has 0 bridgehead atoms. The van der Waals surface area contributed by atoms with Gasteiger partial charge < -0.3 is 19.1 Å². The number of nitrogens with zero attached hydrogens (tertiary/aromatic N) is 2. The van der Waals surface area contributed by atoms with Crippen LogP contribution in [0.4, 0.5) is 0 Å². The highest BCUT2D eigenvalue weighted by Gasteiger charge is 2.34. The number of nitrogens with one attached hydrogen (secondary N) is 2. The minimum Gasteiger partial charge on any atom is -0.484 e.